The number of aryl methyl sites for hydroxylation is 1. The Morgan fingerprint density at radius 1 is 0.828 bits per heavy atom. The minimum absolute atomic E-state index is 0.226. The van der Waals surface area contributed by atoms with E-state index in [1.54, 1.807) is 23.9 Å². The highest BCUT2D eigenvalue weighted by Crippen LogP contribution is 2.23. The molecule has 4 aromatic rings. The predicted molar refractivity (Wildman–Crippen MR) is 123 cm³/mol. The molecule has 0 heterocycles. The maximum absolute atomic E-state index is 13.1. The van der Waals surface area contributed by atoms with Gasteiger partial charge < -0.3 is 0 Å². The minimum atomic E-state index is -0.226. The molecule has 0 unspecified atom stereocenters. The fourth-order valence-corrected chi connectivity index (χ4v) is 3.64. The van der Waals surface area contributed by atoms with Crippen LogP contribution in [0.4, 0.5) is 10.1 Å². The Labute approximate surface area is 174 Å². The van der Waals surface area contributed by atoms with Crippen molar-refractivity contribution in [3.8, 4) is 0 Å². The third-order valence-electron chi connectivity index (χ3n) is 4.57. The van der Waals surface area contributed by atoms with E-state index in [4.69, 9.17) is 4.99 Å². The maximum Gasteiger partial charge on any atom is 0.123 e. The number of hydrogen-bond acceptors (Lipinski definition) is 2. The summed E-state index contributed by atoms with van der Waals surface area (Å²) in [5, 5.41) is 4.38. The molecule has 0 spiro atoms. The molecular weight excluding hydrogens is 377 g/mol. The summed E-state index contributed by atoms with van der Waals surface area (Å²) in [5.74, 6) is -0.226. The summed E-state index contributed by atoms with van der Waals surface area (Å²) in [4.78, 5) is 5.86. The highest BCUT2D eigenvalue weighted by atomic mass is 32.2. The van der Waals surface area contributed by atoms with Crippen LogP contribution in [0.25, 0.3) is 10.8 Å². The SMILES string of the molecule is Cc1ccc(N=C(/C=C/Sc2ccc(F)cc2)c2ccc3ccccc3c2)cc1. The second-order valence-electron chi connectivity index (χ2n) is 6.77. The molecular formula is C26H20FNS. The summed E-state index contributed by atoms with van der Waals surface area (Å²) in [7, 11) is 0. The van der Waals surface area contributed by atoms with Gasteiger partial charge in [-0.05, 0) is 71.6 Å². The predicted octanol–water partition coefficient (Wildman–Crippen LogP) is 7.71. The highest BCUT2D eigenvalue weighted by molar-refractivity contribution is 8.02. The van der Waals surface area contributed by atoms with Crippen molar-refractivity contribution in [2.24, 2.45) is 4.99 Å². The second-order valence-corrected chi connectivity index (χ2v) is 7.75. The summed E-state index contributed by atoms with van der Waals surface area (Å²) in [6.45, 7) is 2.07. The molecule has 3 heteroatoms. The summed E-state index contributed by atoms with van der Waals surface area (Å²) < 4.78 is 13.1. The van der Waals surface area contributed by atoms with Gasteiger partial charge in [-0.15, -0.1) is 0 Å². The van der Waals surface area contributed by atoms with E-state index in [1.165, 1.54) is 28.5 Å². The van der Waals surface area contributed by atoms with E-state index in [2.05, 4.69) is 49.4 Å². The van der Waals surface area contributed by atoms with Crippen LogP contribution in [0.5, 0.6) is 0 Å². The first-order valence-corrected chi connectivity index (χ1v) is 10.3. The van der Waals surface area contributed by atoms with Crippen LogP contribution in [-0.2, 0) is 0 Å². The van der Waals surface area contributed by atoms with E-state index < -0.39 is 0 Å². The molecule has 4 rings (SSSR count). The van der Waals surface area contributed by atoms with Crippen LogP contribution in [0, 0.1) is 12.7 Å². The largest absolute Gasteiger partial charge is 0.248 e. The molecule has 0 saturated carbocycles. The number of benzene rings is 4. The van der Waals surface area contributed by atoms with Crippen molar-refractivity contribution in [2.45, 2.75) is 11.8 Å². The zero-order valence-electron chi connectivity index (χ0n) is 16.0. The lowest BCUT2D eigenvalue weighted by atomic mass is 10.0. The first kappa shape index (κ1) is 19.2. The molecule has 1 nitrogen and oxygen atoms in total. The molecule has 0 bridgehead atoms. The van der Waals surface area contributed by atoms with Gasteiger partial charge >= 0.3 is 0 Å². The van der Waals surface area contributed by atoms with Crippen molar-refractivity contribution in [3.63, 3.8) is 0 Å². The van der Waals surface area contributed by atoms with Gasteiger partial charge in [0.25, 0.3) is 0 Å². The van der Waals surface area contributed by atoms with Gasteiger partial charge in [0.1, 0.15) is 5.82 Å². The summed E-state index contributed by atoms with van der Waals surface area (Å²) >= 11 is 1.54. The Balaban J connectivity index is 1.68. The Kier molecular flexibility index (Phi) is 5.87. The zero-order chi connectivity index (χ0) is 20.1. The topological polar surface area (TPSA) is 12.4 Å². The van der Waals surface area contributed by atoms with E-state index in [0.717, 1.165) is 21.9 Å². The average Bonchev–Trinajstić information content (AvgIpc) is 2.75. The van der Waals surface area contributed by atoms with E-state index in [9.17, 15) is 4.39 Å². The quantitative estimate of drug-likeness (QED) is 0.248. The van der Waals surface area contributed by atoms with Crippen LogP contribution in [0.15, 0.2) is 112 Å². The molecule has 0 atom stereocenters. The molecule has 29 heavy (non-hydrogen) atoms. The summed E-state index contributed by atoms with van der Waals surface area (Å²) in [6.07, 6.45) is 2.01. The van der Waals surface area contributed by atoms with Crippen LogP contribution >= 0.6 is 11.8 Å². The number of halogens is 1. The number of nitrogens with zero attached hydrogens (tertiary/aromatic N) is 1. The van der Waals surface area contributed by atoms with Crippen LogP contribution in [-0.4, -0.2) is 5.71 Å². The Bertz CT molecular complexity index is 1180. The highest BCUT2D eigenvalue weighted by Gasteiger charge is 2.03. The smallest absolute Gasteiger partial charge is 0.123 e. The molecule has 0 amide bonds. The minimum Gasteiger partial charge on any atom is -0.248 e. The molecule has 0 saturated heterocycles. The number of fused-ring (bicyclic) bond motifs is 1. The van der Waals surface area contributed by atoms with Crippen molar-refractivity contribution in [3.05, 3.63) is 119 Å². The maximum atomic E-state index is 13.1. The Morgan fingerprint density at radius 2 is 1.55 bits per heavy atom. The molecule has 0 aliphatic carbocycles. The molecule has 0 N–H and O–H groups in total. The van der Waals surface area contributed by atoms with Crippen molar-refractivity contribution in [1.29, 1.82) is 0 Å². The molecule has 0 aliphatic heterocycles. The monoisotopic (exact) mass is 397 g/mol. The van der Waals surface area contributed by atoms with Gasteiger partial charge in [0.15, 0.2) is 0 Å². The summed E-state index contributed by atoms with van der Waals surface area (Å²) in [5.41, 5.74) is 4.06. The van der Waals surface area contributed by atoms with Gasteiger partial charge in [0.2, 0.25) is 0 Å². The van der Waals surface area contributed by atoms with E-state index in [-0.39, 0.29) is 5.82 Å². The van der Waals surface area contributed by atoms with Gasteiger partial charge in [-0.3, -0.25) is 0 Å². The molecule has 142 valence electrons. The number of aliphatic imine (C=N–C) groups is 1. The standard InChI is InChI=1S/C26H20FNS/c1-19-6-12-24(13-7-19)28-26(16-17-29-25-14-10-23(27)11-15-25)22-9-8-20-4-2-3-5-21(20)18-22/h2-18H,1H3/b17-16+,28-26?. The van der Waals surface area contributed by atoms with Gasteiger partial charge in [-0.1, -0.05) is 65.9 Å². The lowest BCUT2D eigenvalue weighted by Gasteiger charge is -2.06. The molecule has 0 aliphatic rings. The van der Waals surface area contributed by atoms with Gasteiger partial charge in [-0.2, -0.15) is 0 Å². The zero-order valence-corrected chi connectivity index (χ0v) is 16.9. The van der Waals surface area contributed by atoms with Crippen LogP contribution in [0.2, 0.25) is 0 Å². The van der Waals surface area contributed by atoms with Crippen LogP contribution in [0.3, 0.4) is 0 Å². The Morgan fingerprint density at radius 3 is 2.31 bits per heavy atom. The van der Waals surface area contributed by atoms with Gasteiger partial charge in [0, 0.05) is 10.5 Å². The van der Waals surface area contributed by atoms with Crippen LogP contribution in [0.1, 0.15) is 11.1 Å². The van der Waals surface area contributed by atoms with Crippen molar-refractivity contribution in [1.82, 2.24) is 0 Å². The number of hydrogen-bond donors (Lipinski definition) is 0. The Hall–Kier alpha value is -3.17. The molecule has 0 radical (unpaired) electrons. The number of allylic oxidation sites excluding steroid dienone is 1. The molecule has 4 aromatic carbocycles. The van der Waals surface area contributed by atoms with Gasteiger partial charge in [0.05, 0.1) is 11.4 Å². The average molecular weight is 398 g/mol. The van der Waals surface area contributed by atoms with Crippen molar-refractivity contribution >= 4 is 33.9 Å². The third kappa shape index (κ3) is 5.01. The number of thioether (sulfide) groups is 1. The van der Waals surface area contributed by atoms with Crippen molar-refractivity contribution in [2.75, 3.05) is 0 Å². The van der Waals surface area contributed by atoms with E-state index >= 15 is 0 Å². The fraction of sp³-hybridized carbons (Fsp3) is 0.0385. The second kappa shape index (κ2) is 8.89. The van der Waals surface area contributed by atoms with Crippen LogP contribution < -0.4 is 0 Å². The normalized spacial score (nSPS) is 12.0. The first-order chi connectivity index (χ1) is 14.2. The number of rotatable bonds is 5. The molecule has 0 fully saturated rings. The summed E-state index contributed by atoms with van der Waals surface area (Å²) in [6, 6.07) is 29.4. The lowest BCUT2D eigenvalue weighted by Crippen LogP contribution is -1.96. The van der Waals surface area contributed by atoms with Gasteiger partial charge in [-0.25, -0.2) is 9.38 Å². The third-order valence-corrected chi connectivity index (χ3v) is 5.39. The first-order valence-electron chi connectivity index (χ1n) is 9.41. The lowest BCUT2D eigenvalue weighted by molar-refractivity contribution is 0.626. The molecule has 0 aromatic heterocycles. The van der Waals surface area contributed by atoms with E-state index in [0.29, 0.717) is 0 Å². The fourth-order valence-electron chi connectivity index (χ4n) is 3.00. The van der Waals surface area contributed by atoms with Crippen molar-refractivity contribution < 1.29 is 4.39 Å². The van der Waals surface area contributed by atoms with E-state index in [1.807, 2.05) is 35.7 Å².